The summed E-state index contributed by atoms with van der Waals surface area (Å²) in [6, 6.07) is 5.45. The van der Waals surface area contributed by atoms with Gasteiger partial charge in [-0.05, 0) is 40.8 Å². The molecule has 0 radical (unpaired) electrons. The van der Waals surface area contributed by atoms with Crippen LogP contribution in [0.5, 0.6) is 0 Å². The molecule has 70 valence electrons. The summed E-state index contributed by atoms with van der Waals surface area (Å²) in [6.45, 7) is 1.81. The number of rotatable bonds is 2. The third-order valence-corrected chi connectivity index (χ3v) is 3.10. The first-order valence-corrected chi connectivity index (χ1v) is 5.34. The van der Waals surface area contributed by atoms with Crippen molar-refractivity contribution in [1.82, 2.24) is 0 Å². The van der Waals surface area contributed by atoms with Crippen molar-refractivity contribution in [1.29, 1.82) is 0 Å². The fourth-order valence-electron chi connectivity index (χ4n) is 0.823. The Bertz CT molecular complexity index is 327. The molecule has 0 aliphatic rings. The number of carbonyl (C=O) groups excluding carboxylic acids is 1. The third-order valence-electron chi connectivity index (χ3n) is 1.52. The summed E-state index contributed by atoms with van der Waals surface area (Å²) >= 11 is 8.02. The normalized spacial score (nSPS) is 9.77. The van der Waals surface area contributed by atoms with E-state index in [-0.39, 0.29) is 5.91 Å². The molecule has 1 N–H and O–H groups in total. The topological polar surface area (TPSA) is 29.1 Å². The van der Waals surface area contributed by atoms with Gasteiger partial charge in [-0.3, -0.25) is 4.79 Å². The van der Waals surface area contributed by atoms with Crippen LogP contribution in [0.2, 0.25) is 5.02 Å². The Balaban J connectivity index is 2.79. The van der Waals surface area contributed by atoms with E-state index >= 15 is 0 Å². The van der Waals surface area contributed by atoms with E-state index < -0.39 is 0 Å². The highest BCUT2D eigenvalue weighted by Gasteiger charge is 2.01. The molecule has 0 saturated heterocycles. The van der Waals surface area contributed by atoms with Gasteiger partial charge in [0, 0.05) is 15.7 Å². The van der Waals surface area contributed by atoms with Gasteiger partial charge in [-0.1, -0.05) is 18.5 Å². The van der Waals surface area contributed by atoms with Crippen LogP contribution in [0.3, 0.4) is 0 Å². The Labute approximate surface area is 95.8 Å². The molecule has 4 heteroatoms. The molecule has 0 aromatic heterocycles. The Morgan fingerprint density at radius 3 is 2.85 bits per heavy atom. The van der Waals surface area contributed by atoms with Crippen molar-refractivity contribution in [2.45, 2.75) is 13.3 Å². The van der Waals surface area contributed by atoms with Crippen molar-refractivity contribution < 1.29 is 4.79 Å². The van der Waals surface area contributed by atoms with E-state index in [1.165, 1.54) is 0 Å². The summed E-state index contributed by atoms with van der Waals surface area (Å²) < 4.78 is 0.980. The molecule has 0 saturated carbocycles. The third kappa shape index (κ3) is 3.15. The van der Waals surface area contributed by atoms with E-state index in [0.29, 0.717) is 11.4 Å². The highest BCUT2D eigenvalue weighted by Crippen LogP contribution is 2.22. The monoisotopic (exact) mass is 309 g/mol. The van der Waals surface area contributed by atoms with Crippen molar-refractivity contribution in [3.8, 4) is 0 Å². The lowest BCUT2D eigenvalue weighted by atomic mass is 10.3. The highest BCUT2D eigenvalue weighted by atomic mass is 127. The van der Waals surface area contributed by atoms with Crippen molar-refractivity contribution in [2.24, 2.45) is 0 Å². The summed E-state index contributed by atoms with van der Waals surface area (Å²) in [5, 5.41) is 3.39. The maximum Gasteiger partial charge on any atom is 0.224 e. The van der Waals surface area contributed by atoms with Crippen molar-refractivity contribution in [2.75, 3.05) is 5.32 Å². The van der Waals surface area contributed by atoms with Gasteiger partial charge >= 0.3 is 0 Å². The van der Waals surface area contributed by atoms with Crippen LogP contribution in [0.4, 0.5) is 5.69 Å². The molecular weight excluding hydrogens is 300 g/mol. The first-order chi connectivity index (χ1) is 6.13. The number of benzene rings is 1. The Hall–Kier alpha value is -0.290. The molecule has 0 unspecified atom stereocenters. The van der Waals surface area contributed by atoms with Crippen LogP contribution >= 0.6 is 34.2 Å². The zero-order valence-corrected chi connectivity index (χ0v) is 10.0. The summed E-state index contributed by atoms with van der Waals surface area (Å²) in [6.07, 6.45) is 0.476. The zero-order valence-electron chi connectivity index (χ0n) is 7.10. The molecule has 0 atom stereocenters. The van der Waals surface area contributed by atoms with Crippen LogP contribution in [-0.2, 0) is 4.79 Å². The van der Waals surface area contributed by atoms with Gasteiger partial charge in [-0.15, -0.1) is 0 Å². The first-order valence-electron chi connectivity index (χ1n) is 3.88. The quantitative estimate of drug-likeness (QED) is 0.835. The van der Waals surface area contributed by atoms with Gasteiger partial charge in [0.15, 0.2) is 0 Å². The number of anilines is 1. The summed E-state index contributed by atoms with van der Waals surface area (Å²) in [7, 11) is 0. The molecular formula is C9H9ClINO. The van der Waals surface area contributed by atoms with Crippen molar-refractivity contribution in [3.05, 3.63) is 26.8 Å². The largest absolute Gasteiger partial charge is 0.326 e. The van der Waals surface area contributed by atoms with Crippen LogP contribution in [-0.4, -0.2) is 5.91 Å². The number of carbonyl (C=O) groups is 1. The standard InChI is InChI=1S/C9H9ClINO/c1-2-9(13)12-6-3-4-8(11)7(10)5-6/h3-5H,2H2,1H3,(H,12,13). The second-order valence-corrected chi connectivity index (χ2v) is 4.10. The number of amides is 1. The minimum atomic E-state index is -0.00252. The van der Waals surface area contributed by atoms with Crippen LogP contribution in [0.25, 0.3) is 0 Å². The fourth-order valence-corrected chi connectivity index (χ4v) is 1.34. The molecule has 0 heterocycles. The molecule has 1 amide bonds. The average molecular weight is 310 g/mol. The van der Waals surface area contributed by atoms with Crippen LogP contribution in [0.15, 0.2) is 18.2 Å². The van der Waals surface area contributed by atoms with Gasteiger partial charge in [0.1, 0.15) is 0 Å². The summed E-state index contributed by atoms with van der Waals surface area (Å²) in [5.74, 6) is -0.00252. The van der Waals surface area contributed by atoms with Gasteiger partial charge in [0.2, 0.25) is 5.91 Å². The number of hydrogen-bond acceptors (Lipinski definition) is 1. The minimum Gasteiger partial charge on any atom is -0.326 e. The second kappa shape index (κ2) is 4.81. The van der Waals surface area contributed by atoms with E-state index in [1.54, 1.807) is 6.07 Å². The van der Waals surface area contributed by atoms with Gasteiger partial charge in [-0.25, -0.2) is 0 Å². The van der Waals surface area contributed by atoms with E-state index in [4.69, 9.17) is 11.6 Å². The van der Waals surface area contributed by atoms with Crippen molar-refractivity contribution >= 4 is 45.8 Å². The molecule has 1 rings (SSSR count). The zero-order chi connectivity index (χ0) is 9.84. The summed E-state index contributed by atoms with van der Waals surface area (Å²) in [5.41, 5.74) is 0.747. The predicted octanol–water partition coefficient (Wildman–Crippen LogP) is 3.29. The van der Waals surface area contributed by atoms with Crippen LogP contribution in [0.1, 0.15) is 13.3 Å². The smallest absolute Gasteiger partial charge is 0.224 e. The molecule has 1 aromatic rings. The maximum absolute atomic E-state index is 11.0. The van der Waals surface area contributed by atoms with E-state index in [2.05, 4.69) is 27.9 Å². The fraction of sp³-hybridized carbons (Fsp3) is 0.222. The molecule has 13 heavy (non-hydrogen) atoms. The summed E-state index contributed by atoms with van der Waals surface area (Å²) in [4.78, 5) is 11.0. The average Bonchev–Trinajstić information content (AvgIpc) is 2.11. The van der Waals surface area contributed by atoms with Gasteiger partial charge < -0.3 is 5.32 Å². The number of nitrogens with one attached hydrogen (secondary N) is 1. The minimum absolute atomic E-state index is 0.00252. The molecule has 0 aliphatic carbocycles. The first kappa shape index (κ1) is 10.8. The number of halogens is 2. The lowest BCUT2D eigenvalue weighted by Gasteiger charge is -2.04. The Kier molecular flexibility index (Phi) is 3.99. The predicted molar refractivity (Wildman–Crippen MR) is 63.1 cm³/mol. The van der Waals surface area contributed by atoms with E-state index in [1.807, 2.05) is 19.1 Å². The molecule has 2 nitrogen and oxygen atoms in total. The van der Waals surface area contributed by atoms with E-state index in [9.17, 15) is 4.79 Å². The van der Waals surface area contributed by atoms with Gasteiger partial charge in [0.25, 0.3) is 0 Å². The van der Waals surface area contributed by atoms with Gasteiger partial charge in [-0.2, -0.15) is 0 Å². The van der Waals surface area contributed by atoms with Gasteiger partial charge in [0.05, 0.1) is 5.02 Å². The molecule has 0 fully saturated rings. The van der Waals surface area contributed by atoms with Crippen LogP contribution in [0, 0.1) is 3.57 Å². The Morgan fingerprint density at radius 1 is 1.62 bits per heavy atom. The SMILES string of the molecule is CCC(=O)Nc1ccc(I)c(Cl)c1. The second-order valence-electron chi connectivity index (χ2n) is 2.53. The molecule has 0 spiro atoms. The lowest BCUT2D eigenvalue weighted by molar-refractivity contribution is -0.115. The molecule has 1 aromatic carbocycles. The highest BCUT2D eigenvalue weighted by molar-refractivity contribution is 14.1. The lowest BCUT2D eigenvalue weighted by Crippen LogP contribution is -2.09. The molecule has 0 aliphatic heterocycles. The maximum atomic E-state index is 11.0. The molecule has 0 bridgehead atoms. The van der Waals surface area contributed by atoms with Crippen LogP contribution < -0.4 is 5.32 Å². The Morgan fingerprint density at radius 2 is 2.31 bits per heavy atom. The van der Waals surface area contributed by atoms with E-state index in [0.717, 1.165) is 9.26 Å². The number of hydrogen-bond donors (Lipinski definition) is 1. The van der Waals surface area contributed by atoms with Crippen molar-refractivity contribution in [3.63, 3.8) is 0 Å².